The third-order valence-electron chi connectivity index (χ3n) is 6.11. The van der Waals surface area contributed by atoms with E-state index < -0.39 is 28.0 Å². The van der Waals surface area contributed by atoms with Crippen molar-refractivity contribution in [3.05, 3.63) is 59.4 Å². The third kappa shape index (κ3) is 5.00. The van der Waals surface area contributed by atoms with E-state index >= 15 is 0 Å². The Kier molecular flexibility index (Phi) is 6.77. The van der Waals surface area contributed by atoms with Crippen molar-refractivity contribution in [3.63, 3.8) is 0 Å². The van der Waals surface area contributed by atoms with Crippen LogP contribution < -0.4 is 5.32 Å². The van der Waals surface area contributed by atoms with Crippen LogP contribution in [0.1, 0.15) is 36.5 Å². The molecule has 1 amide bonds. The Labute approximate surface area is 198 Å². The minimum absolute atomic E-state index is 0.0177. The van der Waals surface area contributed by atoms with Crippen LogP contribution in [0.3, 0.4) is 0 Å². The number of rotatable bonds is 7. The summed E-state index contributed by atoms with van der Waals surface area (Å²) in [6.07, 6.45) is 2.21. The van der Waals surface area contributed by atoms with Gasteiger partial charge in [-0.15, -0.1) is 0 Å². The molecule has 1 fully saturated rings. The second-order valence-corrected chi connectivity index (χ2v) is 10.6. The smallest absolute Gasteiger partial charge is 0.311 e. The molecule has 3 aromatic rings. The standard InChI is InChI=1S/C25H28N2O6S/c1-16-12-22-19(15-32-23(22)13-17(16)2)14-24(28)33-18(3)25(29)26-20-6-8-21(9-7-20)34(30,31)27-10-4-5-11-27/h6-9,12-13,15,18H,4-5,10-11,14H2,1-3H3,(H,26,29). The molecule has 0 saturated carbocycles. The summed E-state index contributed by atoms with van der Waals surface area (Å²) < 4.78 is 37.6. The molecule has 34 heavy (non-hydrogen) atoms. The fraction of sp³-hybridized carbons (Fsp3) is 0.360. The van der Waals surface area contributed by atoms with Crippen LogP contribution in [0.25, 0.3) is 11.0 Å². The zero-order chi connectivity index (χ0) is 24.5. The quantitative estimate of drug-likeness (QED) is 0.509. The number of aryl methyl sites for hydroxylation is 2. The first-order chi connectivity index (χ1) is 16.1. The normalized spacial score (nSPS) is 15.4. The van der Waals surface area contributed by atoms with Gasteiger partial charge in [-0.05, 0) is 81.1 Å². The maximum atomic E-state index is 12.6. The van der Waals surface area contributed by atoms with Gasteiger partial charge in [-0.2, -0.15) is 4.31 Å². The molecule has 0 radical (unpaired) electrons. The van der Waals surface area contributed by atoms with Crippen molar-refractivity contribution >= 4 is 38.6 Å². The van der Waals surface area contributed by atoms with Gasteiger partial charge < -0.3 is 14.5 Å². The van der Waals surface area contributed by atoms with Crippen molar-refractivity contribution in [1.29, 1.82) is 0 Å². The molecule has 4 rings (SSSR count). The van der Waals surface area contributed by atoms with E-state index in [1.807, 2.05) is 26.0 Å². The summed E-state index contributed by atoms with van der Waals surface area (Å²) in [4.78, 5) is 25.1. The number of esters is 1. The van der Waals surface area contributed by atoms with Crippen LogP contribution in [0.15, 0.2) is 52.0 Å². The lowest BCUT2D eigenvalue weighted by molar-refractivity contribution is -0.152. The van der Waals surface area contributed by atoms with Gasteiger partial charge in [-0.25, -0.2) is 8.42 Å². The van der Waals surface area contributed by atoms with Crippen molar-refractivity contribution in [2.45, 2.75) is 51.0 Å². The SMILES string of the molecule is Cc1cc2occ(CC(=O)OC(C)C(=O)Nc3ccc(S(=O)(=O)N4CCCC4)cc3)c2cc1C. The summed E-state index contributed by atoms with van der Waals surface area (Å²) in [5.74, 6) is -1.05. The van der Waals surface area contributed by atoms with Crippen LogP contribution in [-0.4, -0.2) is 43.8 Å². The maximum Gasteiger partial charge on any atom is 0.311 e. The fourth-order valence-electron chi connectivity index (χ4n) is 3.95. The maximum absolute atomic E-state index is 12.6. The molecule has 8 nitrogen and oxygen atoms in total. The molecule has 2 aromatic carbocycles. The van der Waals surface area contributed by atoms with Gasteiger partial charge in [0, 0.05) is 29.7 Å². The van der Waals surface area contributed by atoms with Crippen LogP contribution in [0, 0.1) is 13.8 Å². The highest BCUT2D eigenvalue weighted by Gasteiger charge is 2.27. The Bertz CT molecular complexity index is 1320. The number of anilines is 1. The largest absolute Gasteiger partial charge is 0.464 e. The average molecular weight is 485 g/mol. The average Bonchev–Trinajstić information content (AvgIpc) is 3.46. The number of benzene rings is 2. The van der Waals surface area contributed by atoms with E-state index in [2.05, 4.69) is 5.32 Å². The molecule has 1 aromatic heterocycles. The van der Waals surface area contributed by atoms with Crippen LogP contribution in [0.2, 0.25) is 0 Å². The molecule has 1 N–H and O–H groups in total. The number of furan rings is 1. The second kappa shape index (κ2) is 9.60. The Morgan fingerprint density at radius 1 is 1.09 bits per heavy atom. The number of nitrogens with zero attached hydrogens (tertiary/aromatic N) is 1. The highest BCUT2D eigenvalue weighted by Crippen LogP contribution is 2.26. The van der Waals surface area contributed by atoms with Crippen LogP contribution in [-0.2, 0) is 30.8 Å². The van der Waals surface area contributed by atoms with E-state index in [1.54, 1.807) is 0 Å². The summed E-state index contributed by atoms with van der Waals surface area (Å²) in [6, 6.07) is 9.88. The number of hydrogen-bond acceptors (Lipinski definition) is 6. The first-order valence-electron chi connectivity index (χ1n) is 11.2. The highest BCUT2D eigenvalue weighted by atomic mass is 32.2. The fourth-order valence-corrected chi connectivity index (χ4v) is 5.47. The number of carbonyl (C=O) groups excluding carboxylic acids is 2. The molecule has 0 spiro atoms. The number of fused-ring (bicyclic) bond motifs is 1. The van der Waals surface area contributed by atoms with Gasteiger partial charge in [0.15, 0.2) is 6.10 Å². The molecule has 180 valence electrons. The molecular weight excluding hydrogens is 456 g/mol. The summed E-state index contributed by atoms with van der Waals surface area (Å²) in [6.45, 7) is 6.52. The van der Waals surface area contributed by atoms with Gasteiger partial charge in [0.2, 0.25) is 10.0 Å². The summed E-state index contributed by atoms with van der Waals surface area (Å²) in [5, 5.41) is 3.50. The van der Waals surface area contributed by atoms with Crippen molar-refractivity contribution < 1.29 is 27.2 Å². The first-order valence-corrected chi connectivity index (χ1v) is 12.7. The van der Waals surface area contributed by atoms with E-state index in [-0.39, 0.29) is 11.3 Å². The van der Waals surface area contributed by atoms with Crippen molar-refractivity contribution in [2.24, 2.45) is 0 Å². The zero-order valence-corrected chi connectivity index (χ0v) is 20.3. The lowest BCUT2D eigenvalue weighted by Gasteiger charge is -2.16. The lowest BCUT2D eigenvalue weighted by Crippen LogP contribution is -2.30. The Balaban J connectivity index is 1.35. The number of ether oxygens (including phenoxy) is 1. The Morgan fingerprint density at radius 2 is 1.74 bits per heavy atom. The molecule has 1 aliphatic rings. The first kappa shape index (κ1) is 24.0. The lowest BCUT2D eigenvalue weighted by atomic mass is 10.0. The summed E-state index contributed by atoms with van der Waals surface area (Å²) >= 11 is 0. The van der Waals surface area contributed by atoms with E-state index in [1.165, 1.54) is 41.8 Å². The molecule has 2 heterocycles. The second-order valence-electron chi connectivity index (χ2n) is 8.63. The van der Waals surface area contributed by atoms with Gasteiger partial charge in [0.1, 0.15) is 5.58 Å². The molecule has 9 heteroatoms. The van der Waals surface area contributed by atoms with E-state index in [0.29, 0.717) is 29.9 Å². The van der Waals surface area contributed by atoms with Gasteiger partial charge in [0.05, 0.1) is 17.6 Å². The predicted molar refractivity (Wildman–Crippen MR) is 128 cm³/mol. The molecule has 0 aliphatic carbocycles. The van der Waals surface area contributed by atoms with E-state index in [4.69, 9.17) is 9.15 Å². The van der Waals surface area contributed by atoms with Gasteiger partial charge in [-0.1, -0.05) is 0 Å². The minimum Gasteiger partial charge on any atom is -0.464 e. The van der Waals surface area contributed by atoms with Crippen LogP contribution in [0.4, 0.5) is 5.69 Å². The number of sulfonamides is 1. The molecule has 1 unspecified atom stereocenters. The molecule has 0 bridgehead atoms. The van der Waals surface area contributed by atoms with Crippen molar-refractivity contribution in [1.82, 2.24) is 4.31 Å². The van der Waals surface area contributed by atoms with Crippen molar-refractivity contribution in [3.8, 4) is 0 Å². The van der Waals surface area contributed by atoms with Crippen LogP contribution in [0.5, 0.6) is 0 Å². The molecule has 1 aliphatic heterocycles. The monoisotopic (exact) mass is 484 g/mol. The highest BCUT2D eigenvalue weighted by molar-refractivity contribution is 7.89. The molecular formula is C25H28N2O6S. The Morgan fingerprint density at radius 3 is 2.41 bits per heavy atom. The molecule has 1 atom stereocenters. The minimum atomic E-state index is -3.52. The van der Waals surface area contributed by atoms with Crippen LogP contribution >= 0.6 is 0 Å². The molecule has 1 saturated heterocycles. The predicted octanol–water partition coefficient (Wildman–Crippen LogP) is 3.95. The van der Waals surface area contributed by atoms with Crippen molar-refractivity contribution in [2.75, 3.05) is 18.4 Å². The number of nitrogens with one attached hydrogen (secondary N) is 1. The van der Waals surface area contributed by atoms with Gasteiger partial charge in [-0.3, -0.25) is 9.59 Å². The number of carbonyl (C=O) groups is 2. The van der Waals surface area contributed by atoms with E-state index in [9.17, 15) is 18.0 Å². The Hall–Kier alpha value is -3.17. The number of amides is 1. The van der Waals surface area contributed by atoms with E-state index in [0.717, 1.165) is 29.4 Å². The summed E-state index contributed by atoms with van der Waals surface area (Å²) in [5.41, 5.74) is 4.01. The summed E-state index contributed by atoms with van der Waals surface area (Å²) in [7, 11) is -3.52. The number of hydrogen-bond donors (Lipinski definition) is 1. The third-order valence-corrected chi connectivity index (χ3v) is 8.02. The zero-order valence-electron chi connectivity index (χ0n) is 19.5. The van der Waals surface area contributed by atoms with Gasteiger partial charge >= 0.3 is 5.97 Å². The van der Waals surface area contributed by atoms with Gasteiger partial charge in [0.25, 0.3) is 5.91 Å². The topological polar surface area (TPSA) is 106 Å².